The highest BCUT2D eigenvalue weighted by molar-refractivity contribution is 7.89. The second-order valence-electron chi connectivity index (χ2n) is 4.43. The molecule has 116 valence electrons. The Bertz CT molecular complexity index is 612. The van der Waals surface area contributed by atoms with Crippen LogP contribution in [0.15, 0.2) is 29.2 Å². The van der Waals surface area contributed by atoms with Crippen molar-refractivity contribution >= 4 is 21.9 Å². The molecule has 1 aromatic carbocycles. The second kappa shape index (κ2) is 7.16. The third kappa shape index (κ3) is 5.90. The first kappa shape index (κ1) is 17.1. The number of carboxylic acid groups (broad SMARTS) is 1. The quantitative estimate of drug-likeness (QED) is 0.495. The van der Waals surface area contributed by atoms with Crippen molar-refractivity contribution in [3.63, 3.8) is 0 Å². The molecular weight excluding hydrogens is 298 g/mol. The van der Waals surface area contributed by atoms with Crippen LogP contribution < -0.4 is 16.2 Å². The first-order valence-corrected chi connectivity index (χ1v) is 7.61. The topological polar surface area (TPSA) is 153 Å². The summed E-state index contributed by atoms with van der Waals surface area (Å²) < 4.78 is 22.1. The number of hydrogen-bond acceptors (Lipinski definition) is 5. The maximum atomic E-state index is 11.5. The van der Waals surface area contributed by atoms with Crippen molar-refractivity contribution in [2.75, 3.05) is 6.54 Å². The van der Waals surface area contributed by atoms with Gasteiger partial charge in [-0.15, -0.1) is 0 Å². The summed E-state index contributed by atoms with van der Waals surface area (Å²) in [5, 5.41) is 16.0. The highest BCUT2D eigenvalue weighted by atomic mass is 32.2. The van der Waals surface area contributed by atoms with E-state index in [9.17, 15) is 18.0 Å². The molecule has 6 N–H and O–H groups in total. The molecule has 0 aliphatic carbocycles. The van der Waals surface area contributed by atoms with E-state index in [1.54, 1.807) is 12.1 Å². The zero-order valence-electron chi connectivity index (χ0n) is 11.2. The third-order valence-corrected chi connectivity index (χ3v) is 3.63. The largest absolute Gasteiger partial charge is 0.481 e. The predicted molar refractivity (Wildman–Crippen MR) is 74.8 cm³/mol. The lowest BCUT2D eigenvalue weighted by Gasteiger charge is -2.10. The minimum atomic E-state index is -3.72. The smallest absolute Gasteiger partial charge is 0.305 e. The maximum Gasteiger partial charge on any atom is 0.305 e. The molecule has 0 saturated carbocycles. The van der Waals surface area contributed by atoms with Gasteiger partial charge in [0.05, 0.1) is 17.4 Å². The summed E-state index contributed by atoms with van der Waals surface area (Å²) in [7, 11) is -3.72. The van der Waals surface area contributed by atoms with Crippen LogP contribution in [0.4, 0.5) is 0 Å². The van der Waals surface area contributed by atoms with E-state index in [4.69, 9.17) is 16.0 Å². The standard InChI is InChI=1S/C12H17N3O5S/c13-10(7-11(16)17)12(18)15-6-5-8-1-3-9(4-2-8)21(14,19)20/h1-4,10H,5-7,13H2,(H,15,18)(H,16,17)(H2,14,19,20). The number of aliphatic carboxylic acids is 1. The predicted octanol–water partition coefficient (Wildman–Crippen LogP) is -1.21. The summed E-state index contributed by atoms with van der Waals surface area (Å²) in [5.74, 6) is -1.69. The molecule has 0 saturated heterocycles. The van der Waals surface area contributed by atoms with E-state index in [1.165, 1.54) is 12.1 Å². The number of carboxylic acids is 1. The fraction of sp³-hybridized carbons (Fsp3) is 0.333. The van der Waals surface area contributed by atoms with E-state index in [1.807, 2.05) is 0 Å². The molecule has 0 bridgehead atoms. The lowest BCUT2D eigenvalue weighted by Crippen LogP contribution is -2.42. The Labute approximate surface area is 122 Å². The molecule has 0 fully saturated rings. The van der Waals surface area contributed by atoms with Gasteiger partial charge in [0.1, 0.15) is 0 Å². The first-order chi connectivity index (χ1) is 9.70. The Morgan fingerprint density at radius 3 is 2.29 bits per heavy atom. The van der Waals surface area contributed by atoms with Crippen molar-refractivity contribution in [3.05, 3.63) is 29.8 Å². The molecule has 0 heterocycles. The lowest BCUT2D eigenvalue weighted by molar-refractivity contribution is -0.139. The van der Waals surface area contributed by atoms with Crippen molar-refractivity contribution < 1.29 is 23.1 Å². The van der Waals surface area contributed by atoms with Gasteiger partial charge in [0.15, 0.2) is 0 Å². The summed E-state index contributed by atoms with van der Waals surface area (Å²) in [6, 6.07) is 4.84. The van der Waals surface area contributed by atoms with Crippen LogP contribution in [0.25, 0.3) is 0 Å². The van der Waals surface area contributed by atoms with Gasteiger partial charge in [-0.1, -0.05) is 12.1 Å². The van der Waals surface area contributed by atoms with Crippen molar-refractivity contribution in [1.82, 2.24) is 5.32 Å². The highest BCUT2D eigenvalue weighted by Gasteiger charge is 2.16. The molecule has 0 aliphatic heterocycles. The number of sulfonamides is 1. The molecule has 0 radical (unpaired) electrons. The summed E-state index contributed by atoms with van der Waals surface area (Å²) >= 11 is 0. The van der Waals surface area contributed by atoms with Gasteiger partial charge in [0.2, 0.25) is 15.9 Å². The Kier molecular flexibility index (Phi) is 5.82. The number of amides is 1. The van der Waals surface area contributed by atoms with E-state index < -0.39 is 34.4 Å². The van der Waals surface area contributed by atoms with Crippen LogP contribution in [0.5, 0.6) is 0 Å². The van der Waals surface area contributed by atoms with Crippen LogP contribution in [0.1, 0.15) is 12.0 Å². The van der Waals surface area contributed by atoms with Gasteiger partial charge >= 0.3 is 5.97 Å². The molecule has 1 unspecified atom stereocenters. The SMILES string of the molecule is NC(CC(=O)O)C(=O)NCCc1ccc(S(N)(=O)=O)cc1. The zero-order chi connectivity index (χ0) is 16.0. The molecule has 1 rings (SSSR count). The van der Waals surface area contributed by atoms with Gasteiger partial charge in [0, 0.05) is 6.54 Å². The fourth-order valence-electron chi connectivity index (χ4n) is 1.59. The number of nitrogens with two attached hydrogens (primary N) is 2. The van der Waals surface area contributed by atoms with Gasteiger partial charge in [-0.05, 0) is 24.1 Å². The summed E-state index contributed by atoms with van der Waals surface area (Å²) in [5.41, 5.74) is 6.19. The van der Waals surface area contributed by atoms with E-state index in [0.29, 0.717) is 6.42 Å². The minimum Gasteiger partial charge on any atom is -0.481 e. The number of carbonyl (C=O) groups is 2. The van der Waals surface area contributed by atoms with Crippen LogP contribution >= 0.6 is 0 Å². The molecule has 8 nitrogen and oxygen atoms in total. The number of benzene rings is 1. The molecule has 0 spiro atoms. The molecular formula is C12H17N3O5S. The van der Waals surface area contributed by atoms with Crippen LogP contribution in [-0.2, 0) is 26.0 Å². The van der Waals surface area contributed by atoms with Crippen molar-refractivity contribution in [2.45, 2.75) is 23.8 Å². The number of rotatable bonds is 7. The number of carbonyl (C=O) groups excluding carboxylic acids is 1. The van der Waals surface area contributed by atoms with Crippen molar-refractivity contribution in [3.8, 4) is 0 Å². The van der Waals surface area contributed by atoms with Gasteiger partial charge in [-0.3, -0.25) is 9.59 Å². The Morgan fingerprint density at radius 1 is 1.24 bits per heavy atom. The maximum absolute atomic E-state index is 11.5. The monoisotopic (exact) mass is 315 g/mol. The van der Waals surface area contributed by atoms with Gasteiger partial charge in [-0.25, -0.2) is 13.6 Å². The average Bonchev–Trinajstić information content (AvgIpc) is 2.37. The van der Waals surface area contributed by atoms with Crippen molar-refractivity contribution in [1.29, 1.82) is 0 Å². The molecule has 9 heteroatoms. The summed E-state index contributed by atoms with van der Waals surface area (Å²) in [6.07, 6.45) is 0.0192. The lowest BCUT2D eigenvalue weighted by atomic mass is 10.1. The van der Waals surface area contributed by atoms with Crippen molar-refractivity contribution in [2.24, 2.45) is 10.9 Å². The number of primary sulfonamides is 1. The van der Waals surface area contributed by atoms with Gasteiger partial charge in [-0.2, -0.15) is 0 Å². The third-order valence-electron chi connectivity index (χ3n) is 2.70. The number of hydrogen-bond donors (Lipinski definition) is 4. The molecule has 1 atom stereocenters. The molecule has 21 heavy (non-hydrogen) atoms. The summed E-state index contributed by atoms with van der Waals surface area (Å²) in [6.45, 7) is 0.265. The average molecular weight is 315 g/mol. The highest BCUT2D eigenvalue weighted by Crippen LogP contribution is 2.08. The van der Waals surface area contributed by atoms with E-state index in [2.05, 4.69) is 5.32 Å². The molecule has 1 amide bonds. The van der Waals surface area contributed by atoms with Gasteiger partial charge < -0.3 is 16.2 Å². The Hall–Kier alpha value is -1.97. The van der Waals surface area contributed by atoms with E-state index in [-0.39, 0.29) is 11.4 Å². The minimum absolute atomic E-state index is 0.0127. The van der Waals surface area contributed by atoms with Crippen LogP contribution in [0, 0.1) is 0 Å². The molecule has 0 aromatic heterocycles. The van der Waals surface area contributed by atoms with E-state index >= 15 is 0 Å². The van der Waals surface area contributed by atoms with Gasteiger partial charge in [0.25, 0.3) is 0 Å². The van der Waals surface area contributed by atoms with Crippen LogP contribution in [-0.4, -0.2) is 38.0 Å². The molecule has 0 aliphatic rings. The van der Waals surface area contributed by atoms with Crippen LogP contribution in [0.3, 0.4) is 0 Å². The Balaban J connectivity index is 2.46. The Morgan fingerprint density at radius 2 is 1.81 bits per heavy atom. The van der Waals surface area contributed by atoms with Crippen LogP contribution in [0.2, 0.25) is 0 Å². The first-order valence-electron chi connectivity index (χ1n) is 6.07. The normalized spacial score (nSPS) is 12.7. The van der Waals surface area contributed by atoms with E-state index in [0.717, 1.165) is 5.56 Å². The molecule has 1 aromatic rings. The number of nitrogens with one attached hydrogen (secondary N) is 1. The summed E-state index contributed by atoms with van der Waals surface area (Å²) in [4.78, 5) is 21.9. The zero-order valence-corrected chi connectivity index (χ0v) is 12.0. The fourth-order valence-corrected chi connectivity index (χ4v) is 2.10. The second-order valence-corrected chi connectivity index (χ2v) is 6.00.